The molecule has 0 aliphatic carbocycles. The van der Waals surface area contributed by atoms with E-state index in [0.29, 0.717) is 19.6 Å². The van der Waals surface area contributed by atoms with Crippen LogP contribution >= 0.6 is 0 Å². The fourth-order valence-corrected chi connectivity index (χ4v) is 2.43. The summed E-state index contributed by atoms with van der Waals surface area (Å²) in [6.07, 6.45) is 3.63. The number of hydrogen-bond donors (Lipinski definition) is 1. The van der Waals surface area contributed by atoms with Gasteiger partial charge >= 0.3 is 0 Å². The van der Waals surface area contributed by atoms with E-state index in [1.807, 2.05) is 0 Å². The highest BCUT2D eigenvalue weighted by Crippen LogP contribution is 2.20. The van der Waals surface area contributed by atoms with Crippen LogP contribution in [0.4, 0.5) is 8.78 Å². The summed E-state index contributed by atoms with van der Waals surface area (Å²) in [7, 11) is 0. The second kappa shape index (κ2) is 6.18. The minimum atomic E-state index is -1.06. The predicted molar refractivity (Wildman–Crippen MR) is 74.7 cm³/mol. The molecule has 0 unspecified atom stereocenters. The lowest BCUT2D eigenvalue weighted by molar-refractivity contribution is 0.0765. The summed E-state index contributed by atoms with van der Waals surface area (Å²) in [5.74, 6) is -2.46. The number of halogens is 2. The zero-order chi connectivity index (χ0) is 15.5. The summed E-state index contributed by atoms with van der Waals surface area (Å²) in [6.45, 7) is 2.58. The molecule has 1 aromatic carbocycles. The van der Waals surface area contributed by atoms with Crippen LogP contribution in [-0.2, 0) is 0 Å². The monoisotopic (exact) mass is 307 g/mol. The van der Waals surface area contributed by atoms with Gasteiger partial charge in [-0.2, -0.15) is 15.0 Å². The number of amides is 1. The number of rotatable bonds is 2. The van der Waals surface area contributed by atoms with Crippen molar-refractivity contribution < 1.29 is 13.6 Å². The van der Waals surface area contributed by atoms with E-state index in [1.165, 1.54) is 12.4 Å². The van der Waals surface area contributed by atoms with E-state index < -0.39 is 11.6 Å². The standard InChI is InChI=1S/C14H15F2N5O/c15-11-8-10(14(22)20-6-1-2-17-5-7-20)13(9-12(11)16)21-18-3-4-19-21/h3-4,8-9,17H,1-2,5-7H2. The number of aromatic nitrogens is 3. The van der Waals surface area contributed by atoms with E-state index in [1.54, 1.807) is 4.90 Å². The number of carbonyl (C=O) groups excluding carboxylic acids is 1. The van der Waals surface area contributed by atoms with Gasteiger partial charge in [0.2, 0.25) is 0 Å². The third kappa shape index (κ3) is 2.82. The van der Waals surface area contributed by atoms with Crippen LogP contribution in [0.25, 0.3) is 5.69 Å². The van der Waals surface area contributed by atoms with Gasteiger partial charge in [-0.15, -0.1) is 0 Å². The zero-order valence-corrected chi connectivity index (χ0v) is 11.8. The Balaban J connectivity index is 2.01. The number of carbonyl (C=O) groups is 1. The molecule has 1 aliphatic rings. The average molecular weight is 307 g/mol. The van der Waals surface area contributed by atoms with Gasteiger partial charge in [0.05, 0.1) is 18.0 Å². The van der Waals surface area contributed by atoms with Gasteiger partial charge in [-0.3, -0.25) is 4.79 Å². The van der Waals surface area contributed by atoms with Gasteiger partial charge in [-0.25, -0.2) is 8.78 Å². The lowest BCUT2D eigenvalue weighted by Gasteiger charge is -2.21. The Morgan fingerprint density at radius 3 is 2.59 bits per heavy atom. The molecule has 1 aliphatic heterocycles. The minimum Gasteiger partial charge on any atom is -0.337 e. The van der Waals surface area contributed by atoms with E-state index in [4.69, 9.17) is 0 Å². The van der Waals surface area contributed by atoms with Crippen LogP contribution < -0.4 is 5.32 Å². The first-order valence-corrected chi connectivity index (χ1v) is 7.02. The van der Waals surface area contributed by atoms with Crippen LogP contribution in [0.1, 0.15) is 16.8 Å². The fourth-order valence-electron chi connectivity index (χ4n) is 2.43. The van der Waals surface area contributed by atoms with Gasteiger partial charge in [0.1, 0.15) is 5.69 Å². The second-order valence-corrected chi connectivity index (χ2v) is 5.00. The number of hydrogen-bond acceptors (Lipinski definition) is 4. The van der Waals surface area contributed by atoms with E-state index in [9.17, 15) is 13.6 Å². The van der Waals surface area contributed by atoms with Gasteiger partial charge in [-0.05, 0) is 19.0 Å². The van der Waals surface area contributed by atoms with Crippen LogP contribution in [0.3, 0.4) is 0 Å². The lowest BCUT2D eigenvalue weighted by Crippen LogP contribution is -2.35. The fraction of sp³-hybridized carbons (Fsp3) is 0.357. The van der Waals surface area contributed by atoms with Crippen LogP contribution in [0.5, 0.6) is 0 Å². The van der Waals surface area contributed by atoms with E-state index >= 15 is 0 Å². The summed E-state index contributed by atoms with van der Waals surface area (Å²) in [4.78, 5) is 15.4. The number of benzene rings is 1. The highest BCUT2D eigenvalue weighted by Gasteiger charge is 2.23. The summed E-state index contributed by atoms with van der Waals surface area (Å²) in [6, 6.07) is 1.85. The van der Waals surface area contributed by atoms with Crippen molar-refractivity contribution in [3.63, 3.8) is 0 Å². The van der Waals surface area contributed by atoms with Crippen molar-refractivity contribution in [2.75, 3.05) is 26.2 Å². The molecule has 1 aromatic heterocycles. The largest absolute Gasteiger partial charge is 0.337 e. The Morgan fingerprint density at radius 1 is 1.09 bits per heavy atom. The zero-order valence-electron chi connectivity index (χ0n) is 11.8. The lowest BCUT2D eigenvalue weighted by atomic mass is 10.1. The van der Waals surface area contributed by atoms with Crippen LogP contribution in [-0.4, -0.2) is 52.0 Å². The summed E-state index contributed by atoms with van der Waals surface area (Å²) >= 11 is 0. The molecule has 1 fully saturated rings. The van der Waals surface area contributed by atoms with Gasteiger partial charge in [0.25, 0.3) is 5.91 Å². The molecule has 116 valence electrons. The molecular formula is C14H15F2N5O. The Morgan fingerprint density at radius 2 is 1.82 bits per heavy atom. The average Bonchev–Trinajstić information content (AvgIpc) is 2.91. The predicted octanol–water partition coefficient (Wildman–Crippen LogP) is 0.981. The normalized spacial score (nSPS) is 15.6. The minimum absolute atomic E-state index is 0.0528. The highest BCUT2D eigenvalue weighted by atomic mass is 19.2. The molecular weight excluding hydrogens is 292 g/mol. The molecule has 2 heterocycles. The molecule has 2 aromatic rings. The van der Waals surface area contributed by atoms with Gasteiger partial charge in [0, 0.05) is 25.7 Å². The molecule has 0 saturated carbocycles. The van der Waals surface area contributed by atoms with Crippen molar-refractivity contribution in [2.24, 2.45) is 0 Å². The smallest absolute Gasteiger partial charge is 0.256 e. The van der Waals surface area contributed by atoms with Crippen molar-refractivity contribution in [1.29, 1.82) is 0 Å². The van der Waals surface area contributed by atoms with Gasteiger partial charge < -0.3 is 10.2 Å². The van der Waals surface area contributed by atoms with Gasteiger partial charge in [-0.1, -0.05) is 0 Å². The maximum absolute atomic E-state index is 13.6. The molecule has 1 saturated heterocycles. The molecule has 1 amide bonds. The molecule has 6 nitrogen and oxygen atoms in total. The van der Waals surface area contributed by atoms with Crippen LogP contribution in [0.15, 0.2) is 24.5 Å². The van der Waals surface area contributed by atoms with E-state index in [2.05, 4.69) is 15.5 Å². The first kappa shape index (κ1) is 14.6. The van der Waals surface area contributed by atoms with Crippen molar-refractivity contribution in [2.45, 2.75) is 6.42 Å². The Kier molecular flexibility index (Phi) is 4.10. The van der Waals surface area contributed by atoms with E-state index in [0.717, 1.165) is 29.9 Å². The van der Waals surface area contributed by atoms with Gasteiger partial charge in [0.15, 0.2) is 11.6 Å². The summed E-state index contributed by atoms with van der Waals surface area (Å²) < 4.78 is 27.1. The topological polar surface area (TPSA) is 63.1 Å². The van der Waals surface area contributed by atoms with Crippen molar-refractivity contribution in [3.8, 4) is 5.69 Å². The molecule has 8 heteroatoms. The van der Waals surface area contributed by atoms with Crippen LogP contribution in [0.2, 0.25) is 0 Å². The quantitative estimate of drug-likeness (QED) is 0.898. The maximum atomic E-state index is 13.6. The third-order valence-corrected chi connectivity index (χ3v) is 3.53. The second-order valence-electron chi connectivity index (χ2n) is 5.00. The highest BCUT2D eigenvalue weighted by molar-refractivity contribution is 5.97. The summed E-state index contributed by atoms with van der Waals surface area (Å²) in [5, 5.41) is 11.0. The first-order chi connectivity index (χ1) is 10.7. The SMILES string of the molecule is O=C(c1cc(F)c(F)cc1-n1nccn1)N1CCCNCC1. The van der Waals surface area contributed by atoms with Crippen molar-refractivity contribution >= 4 is 5.91 Å². The Bertz CT molecular complexity index is 666. The first-order valence-electron chi connectivity index (χ1n) is 7.02. The molecule has 0 spiro atoms. The Hall–Kier alpha value is -2.35. The molecule has 1 N–H and O–H groups in total. The van der Waals surface area contributed by atoms with Crippen molar-refractivity contribution in [1.82, 2.24) is 25.2 Å². The number of nitrogens with one attached hydrogen (secondary N) is 1. The molecule has 0 bridgehead atoms. The molecule has 0 atom stereocenters. The molecule has 22 heavy (non-hydrogen) atoms. The van der Waals surface area contributed by atoms with Crippen molar-refractivity contribution in [3.05, 3.63) is 41.7 Å². The third-order valence-electron chi connectivity index (χ3n) is 3.53. The van der Waals surface area contributed by atoms with E-state index in [-0.39, 0.29) is 17.2 Å². The molecule has 3 rings (SSSR count). The molecule has 0 radical (unpaired) electrons. The van der Waals surface area contributed by atoms with Crippen LogP contribution in [0, 0.1) is 11.6 Å². The Labute approximate surface area is 125 Å². The summed E-state index contributed by atoms with van der Waals surface area (Å²) in [5.41, 5.74) is 0.183. The number of nitrogens with zero attached hydrogens (tertiary/aromatic N) is 4. The maximum Gasteiger partial charge on any atom is 0.256 e.